The van der Waals surface area contributed by atoms with E-state index < -0.39 is 23.8 Å². The molecule has 208 valence electrons. The lowest BCUT2D eigenvalue weighted by molar-refractivity contribution is -0.141. The second kappa shape index (κ2) is 13.1. The molecule has 2 aromatic carbocycles. The van der Waals surface area contributed by atoms with Gasteiger partial charge in [-0.1, -0.05) is 67.8 Å². The zero-order chi connectivity index (χ0) is 28.8. The van der Waals surface area contributed by atoms with Gasteiger partial charge in [0.2, 0.25) is 5.91 Å². The van der Waals surface area contributed by atoms with Crippen LogP contribution in [0, 0.1) is 26.7 Å². The number of aryl methyl sites for hydroxylation is 3. The molecule has 0 radical (unpaired) electrons. The van der Waals surface area contributed by atoms with Crippen molar-refractivity contribution in [3.8, 4) is 0 Å². The zero-order valence-electron chi connectivity index (χ0n) is 24.1. The topological polar surface area (TPSA) is 87.7 Å². The molecule has 3 unspecified atom stereocenters. The molecule has 0 spiro atoms. The highest BCUT2D eigenvalue weighted by molar-refractivity contribution is 6.34. The quantitative estimate of drug-likeness (QED) is 0.367. The summed E-state index contributed by atoms with van der Waals surface area (Å²) in [6, 6.07) is 9.35. The normalized spacial score (nSPS) is 13.7. The molecule has 2 aromatic rings. The summed E-state index contributed by atoms with van der Waals surface area (Å²) in [5.41, 5.74) is 3.23. The number of nitrogens with zero attached hydrogens (tertiary/aromatic N) is 1. The van der Waals surface area contributed by atoms with Gasteiger partial charge in [0.05, 0.1) is 10.7 Å². The van der Waals surface area contributed by atoms with Crippen LogP contribution in [-0.4, -0.2) is 41.0 Å². The molecule has 0 aliphatic rings. The fourth-order valence-corrected chi connectivity index (χ4v) is 4.60. The van der Waals surface area contributed by atoms with Gasteiger partial charge in [-0.3, -0.25) is 9.59 Å². The van der Waals surface area contributed by atoms with Crippen molar-refractivity contribution in [1.82, 2.24) is 10.2 Å². The van der Waals surface area contributed by atoms with Crippen molar-refractivity contribution in [2.24, 2.45) is 5.92 Å². The number of rotatable bonds is 9. The lowest BCUT2D eigenvalue weighted by Crippen LogP contribution is -2.54. The maximum absolute atomic E-state index is 14.1. The highest BCUT2D eigenvalue weighted by atomic mass is 35.5. The van der Waals surface area contributed by atoms with Crippen LogP contribution in [0.2, 0.25) is 5.02 Å². The van der Waals surface area contributed by atoms with E-state index >= 15 is 0 Å². The van der Waals surface area contributed by atoms with Crippen LogP contribution in [-0.2, 0) is 14.3 Å². The predicted molar refractivity (Wildman–Crippen MR) is 153 cm³/mol. The molecule has 0 aromatic heterocycles. The lowest BCUT2D eigenvalue weighted by Gasteiger charge is -2.36. The first-order valence-electron chi connectivity index (χ1n) is 13.1. The van der Waals surface area contributed by atoms with Crippen molar-refractivity contribution in [1.29, 1.82) is 0 Å². The number of carbonyl (C=O) groups excluding carboxylic acids is 3. The summed E-state index contributed by atoms with van der Waals surface area (Å²) >= 11 is 6.42. The number of amides is 3. The largest absolute Gasteiger partial charge is 0.444 e. The first kappa shape index (κ1) is 31.2. The van der Waals surface area contributed by atoms with E-state index in [-0.39, 0.29) is 24.3 Å². The van der Waals surface area contributed by atoms with Crippen LogP contribution in [0.5, 0.6) is 0 Å². The third-order valence-corrected chi connectivity index (χ3v) is 6.84. The Morgan fingerprint density at radius 2 is 1.68 bits per heavy atom. The van der Waals surface area contributed by atoms with E-state index in [2.05, 4.69) is 10.6 Å². The Morgan fingerprint density at radius 3 is 2.21 bits per heavy atom. The van der Waals surface area contributed by atoms with E-state index in [1.165, 1.54) is 4.90 Å². The Hall–Kier alpha value is -3.06. The van der Waals surface area contributed by atoms with Gasteiger partial charge in [-0.15, -0.1) is 0 Å². The maximum atomic E-state index is 14.1. The van der Waals surface area contributed by atoms with E-state index in [0.717, 1.165) is 16.7 Å². The van der Waals surface area contributed by atoms with E-state index in [1.54, 1.807) is 26.8 Å². The number of hydrogen-bond acceptors (Lipinski definition) is 4. The van der Waals surface area contributed by atoms with E-state index in [1.807, 2.05) is 71.9 Å². The standard InChI is InChI=1S/C30H42ClN3O4/c1-10-19(4)25(33-29(37)38-30(7,8)9)28(36)34(11-2)26(22-16-15-18(3)17-21(22)6)27(35)32-24-20(5)13-12-14-23(24)31/h12-17,19,25-26H,10-11H2,1-9H3,(H,32,35)(H,33,37). The monoisotopic (exact) mass is 543 g/mol. The smallest absolute Gasteiger partial charge is 0.408 e. The van der Waals surface area contributed by atoms with Crippen molar-refractivity contribution >= 4 is 35.2 Å². The second-order valence-corrected chi connectivity index (χ2v) is 11.2. The highest BCUT2D eigenvalue weighted by Gasteiger charge is 2.38. The minimum atomic E-state index is -0.948. The number of benzene rings is 2. The third-order valence-electron chi connectivity index (χ3n) is 6.53. The molecule has 0 bridgehead atoms. The average molecular weight is 544 g/mol. The number of alkyl carbamates (subject to hydrolysis) is 1. The van der Waals surface area contributed by atoms with E-state index in [4.69, 9.17) is 16.3 Å². The van der Waals surface area contributed by atoms with E-state index in [9.17, 15) is 14.4 Å². The molecule has 7 nitrogen and oxygen atoms in total. The Kier molecular flexibility index (Phi) is 10.8. The van der Waals surface area contributed by atoms with Crippen LogP contribution in [0.25, 0.3) is 0 Å². The molecule has 0 aliphatic carbocycles. The zero-order valence-corrected chi connectivity index (χ0v) is 24.8. The number of nitrogens with one attached hydrogen (secondary N) is 2. The molecular weight excluding hydrogens is 502 g/mol. The first-order valence-corrected chi connectivity index (χ1v) is 13.5. The minimum absolute atomic E-state index is 0.197. The predicted octanol–water partition coefficient (Wildman–Crippen LogP) is 6.73. The maximum Gasteiger partial charge on any atom is 0.408 e. The van der Waals surface area contributed by atoms with Crippen molar-refractivity contribution in [2.45, 2.75) is 86.4 Å². The van der Waals surface area contributed by atoms with Crippen molar-refractivity contribution in [2.75, 3.05) is 11.9 Å². The Bertz CT molecular complexity index is 1140. The highest BCUT2D eigenvalue weighted by Crippen LogP contribution is 2.31. The van der Waals surface area contributed by atoms with Crippen LogP contribution in [0.15, 0.2) is 36.4 Å². The molecule has 2 N–H and O–H groups in total. The van der Waals surface area contributed by atoms with Gasteiger partial charge in [0.25, 0.3) is 5.91 Å². The van der Waals surface area contributed by atoms with Crippen molar-refractivity contribution < 1.29 is 19.1 Å². The van der Waals surface area contributed by atoms with Crippen LogP contribution in [0.1, 0.15) is 76.3 Å². The van der Waals surface area contributed by atoms with Gasteiger partial charge < -0.3 is 20.3 Å². The van der Waals surface area contributed by atoms with Crippen LogP contribution < -0.4 is 10.6 Å². The Balaban J connectivity index is 2.56. The van der Waals surface area contributed by atoms with Gasteiger partial charge >= 0.3 is 6.09 Å². The number of carbonyl (C=O) groups is 3. The molecular formula is C30H42ClN3O4. The molecule has 3 atom stereocenters. The van der Waals surface area contributed by atoms with Gasteiger partial charge in [0.1, 0.15) is 17.7 Å². The number of para-hydroxylation sites is 1. The number of ether oxygens (including phenoxy) is 1. The first-order chi connectivity index (χ1) is 17.7. The molecule has 0 heterocycles. The van der Waals surface area contributed by atoms with Gasteiger partial charge in [-0.05, 0) is 77.1 Å². The number of likely N-dealkylation sites (N-methyl/N-ethyl adjacent to an activating group) is 1. The number of anilines is 1. The SMILES string of the molecule is CCC(C)C(NC(=O)OC(C)(C)C)C(=O)N(CC)C(C(=O)Nc1c(C)cccc1Cl)c1ccc(C)cc1C. The third kappa shape index (κ3) is 7.97. The summed E-state index contributed by atoms with van der Waals surface area (Å²) in [6.45, 7) is 17.0. The van der Waals surface area contributed by atoms with Crippen LogP contribution >= 0.6 is 11.6 Å². The van der Waals surface area contributed by atoms with Crippen molar-refractivity contribution in [3.63, 3.8) is 0 Å². The van der Waals surface area contributed by atoms with E-state index in [0.29, 0.717) is 22.7 Å². The summed E-state index contributed by atoms with van der Waals surface area (Å²) in [5.74, 6) is -0.940. The summed E-state index contributed by atoms with van der Waals surface area (Å²) in [4.78, 5) is 42.3. The van der Waals surface area contributed by atoms with Crippen LogP contribution in [0.4, 0.5) is 10.5 Å². The summed E-state index contributed by atoms with van der Waals surface area (Å²) in [5, 5.41) is 6.15. The molecule has 8 heteroatoms. The average Bonchev–Trinajstić information content (AvgIpc) is 2.82. The molecule has 0 saturated heterocycles. The number of halogens is 1. The Morgan fingerprint density at radius 1 is 1.03 bits per heavy atom. The molecule has 38 heavy (non-hydrogen) atoms. The van der Waals surface area contributed by atoms with Crippen molar-refractivity contribution in [3.05, 3.63) is 63.7 Å². The lowest BCUT2D eigenvalue weighted by atomic mass is 9.93. The molecule has 0 saturated carbocycles. The Labute approximate surface area is 232 Å². The molecule has 3 amide bonds. The van der Waals surface area contributed by atoms with Gasteiger partial charge in [0.15, 0.2) is 0 Å². The minimum Gasteiger partial charge on any atom is -0.444 e. The van der Waals surface area contributed by atoms with Gasteiger partial charge in [0, 0.05) is 6.54 Å². The summed E-state index contributed by atoms with van der Waals surface area (Å²) in [7, 11) is 0. The fourth-order valence-electron chi connectivity index (χ4n) is 4.33. The summed E-state index contributed by atoms with van der Waals surface area (Å²) in [6.07, 6.45) is -0.0328. The molecule has 0 fully saturated rings. The summed E-state index contributed by atoms with van der Waals surface area (Å²) < 4.78 is 5.44. The molecule has 2 rings (SSSR count). The fraction of sp³-hybridized carbons (Fsp3) is 0.500. The van der Waals surface area contributed by atoms with Gasteiger partial charge in [-0.25, -0.2) is 4.79 Å². The molecule has 0 aliphatic heterocycles. The number of hydrogen-bond donors (Lipinski definition) is 2. The second-order valence-electron chi connectivity index (χ2n) is 10.8. The van der Waals surface area contributed by atoms with Gasteiger partial charge in [-0.2, -0.15) is 0 Å². The van der Waals surface area contributed by atoms with Crippen LogP contribution in [0.3, 0.4) is 0 Å².